The molecule has 2 amide bonds. The third kappa shape index (κ3) is 5.16. The van der Waals surface area contributed by atoms with Crippen LogP contribution in [-0.2, 0) is 14.3 Å². The fraction of sp³-hybridized carbons (Fsp3) is 0.464. The average molecular weight is 461 g/mol. The van der Waals surface area contributed by atoms with Gasteiger partial charge in [-0.1, -0.05) is 48.5 Å². The number of hydrogen-bond donors (Lipinski definition) is 2. The van der Waals surface area contributed by atoms with Gasteiger partial charge in [0.1, 0.15) is 0 Å². The third-order valence-electron chi connectivity index (χ3n) is 7.72. The Hall–Kier alpha value is -3.15. The molecule has 0 unspecified atom stereocenters. The molecule has 6 rings (SSSR count). The summed E-state index contributed by atoms with van der Waals surface area (Å²) in [6.45, 7) is -0.283. The second-order valence-electron chi connectivity index (χ2n) is 10.4. The molecule has 4 saturated carbocycles. The second kappa shape index (κ2) is 9.61. The van der Waals surface area contributed by atoms with E-state index in [4.69, 9.17) is 4.74 Å². The van der Waals surface area contributed by atoms with E-state index in [1.807, 2.05) is 36.4 Å². The molecule has 178 valence electrons. The number of esters is 1. The van der Waals surface area contributed by atoms with Crippen molar-refractivity contribution >= 4 is 17.8 Å². The maximum absolute atomic E-state index is 12.7. The van der Waals surface area contributed by atoms with Gasteiger partial charge in [-0.25, -0.2) is 0 Å². The highest BCUT2D eigenvalue weighted by atomic mass is 16.5. The smallest absolute Gasteiger partial charge is 0.308 e. The molecule has 0 radical (unpaired) electrons. The van der Waals surface area contributed by atoms with Gasteiger partial charge in [-0.15, -0.1) is 0 Å². The summed E-state index contributed by atoms with van der Waals surface area (Å²) in [5, 5.41) is 6.16. The Morgan fingerprint density at radius 3 is 2.00 bits per heavy atom. The van der Waals surface area contributed by atoms with Crippen LogP contribution in [0.4, 0.5) is 0 Å². The predicted octanol–water partition coefficient (Wildman–Crippen LogP) is 4.18. The minimum atomic E-state index is -0.548. The van der Waals surface area contributed by atoms with Gasteiger partial charge in [0, 0.05) is 11.1 Å². The van der Waals surface area contributed by atoms with Gasteiger partial charge in [-0.05, 0) is 74.0 Å². The SMILES string of the molecule is O=C(COC(=O)C[C@H](NC(=O)c1ccccc1)c1ccccc1)NC12CC3CC(CC(C3)C1)C2. The molecule has 4 aliphatic rings. The minimum absolute atomic E-state index is 0.0484. The molecule has 4 fully saturated rings. The monoisotopic (exact) mass is 460 g/mol. The summed E-state index contributed by atoms with van der Waals surface area (Å²) in [5.41, 5.74) is 1.22. The largest absolute Gasteiger partial charge is 0.456 e. The quantitative estimate of drug-likeness (QED) is 0.579. The lowest BCUT2D eigenvalue weighted by Gasteiger charge is -2.56. The molecule has 6 heteroatoms. The van der Waals surface area contributed by atoms with Gasteiger partial charge in [0.15, 0.2) is 6.61 Å². The van der Waals surface area contributed by atoms with E-state index >= 15 is 0 Å². The number of rotatable bonds is 8. The van der Waals surface area contributed by atoms with Crippen LogP contribution < -0.4 is 10.6 Å². The first kappa shape index (κ1) is 22.6. The fourth-order valence-corrected chi connectivity index (χ4v) is 6.74. The van der Waals surface area contributed by atoms with E-state index in [9.17, 15) is 14.4 Å². The van der Waals surface area contributed by atoms with Crippen LogP contribution in [0.25, 0.3) is 0 Å². The van der Waals surface area contributed by atoms with Crippen molar-refractivity contribution in [3.63, 3.8) is 0 Å². The normalized spacial score (nSPS) is 27.6. The highest BCUT2D eigenvalue weighted by molar-refractivity contribution is 5.94. The van der Waals surface area contributed by atoms with Crippen LogP contribution >= 0.6 is 0 Å². The Morgan fingerprint density at radius 1 is 0.853 bits per heavy atom. The zero-order chi connectivity index (χ0) is 23.5. The Labute approximate surface area is 200 Å². The van der Waals surface area contributed by atoms with E-state index < -0.39 is 12.0 Å². The van der Waals surface area contributed by atoms with E-state index in [0.29, 0.717) is 5.56 Å². The molecule has 0 aliphatic heterocycles. The van der Waals surface area contributed by atoms with Gasteiger partial charge < -0.3 is 15.4 Å². The van der Waals surface area contributed by atoms with Crippen LogP contribution in [0.1, 0.15) is 66.9 Å². The van der Waals surface area contributed by atoms with Gasteiger partial charge in [-0.3, -0.25) is 14.4 Å². The maximum Gasteiger partial charge on any atom is 0.308 e. The van der Waals surface area contributed by atoms with Gasteiger partial charge in [0.25, 0.3) is 11.8 Å². The molecule has 6 nitrogen and oxygen atoms in total. The van der Waals surface area contributed by atoms with Gasteiger partial charge in [-0.2, -0.15) is 0 Å². The predicted molar refractivity (Wildman–Crippen MR) is 128 cm³/mol. The van der Waals surface area contributed by atoms with Crippen molar-refractivity contribution in [2.45, 2.75) is 56.5 Å². The number of benzene rings is 2. The molecule has 0 spiro atoms. The van der Waals surface area contributed by atoms with Crippen LogP contribution in [0.5, 0.6) is 0 Å². The second-order valence-corrected chi connectivity index (χ2v) is 10.4. The molecular formula is C28H32N2O4. The van der Waals surface area contributed by atoms with Crippen molar-refractivity contribution in [2.75, 3.05) is 6.61 Å². The zero-order valence-corrected chi connectivity index (χ0v) is 19.4. The van der Waals surface area contributed by atoms with E-state index in [1.54, 1.807) is 24.3 Å². The van der Waals surface area contributed by atoms with E-state index in [0.717, 1.165) is 42.6 Å². The summed E-state index contributed by atoms with van der Waals surface area (Å²) in [5.74, 6) is 1.20. The number of carbonyl (C=O) groups excluding carboxylic acids is 3. The van der Waals surface area contributed by atoms with Crippen molar-refractivity contribution in [3.8, 4) is 0 Å². The Kier molecular flexibility index (Phi) is 6.40. The molecule has 1 atom stereocenters. The van der Waals surface area contributed by atoms with Crippen molar-refractivity contribution < 1.29 is 19.1 Å². The van der Waals surface area contributed by atoms with E-state index in [2.05, 4.69) is 10.6 Å². The van der Waals surface area contributed by atoms with E-state index in [-0.39, 0.29) is 30.4 Å². The van der Waals surface area contributed by atoms with Crippen molar-refractivity contribution in [2.24, 2.45) is 17.8 Å². The number of nitrogens with one attached hydrogen (secondary N) is 2. The highest BCUT2D eigenvalue weighted by Gasteiger charge is 2.51. The number of amides is 2. The first-order chi connectivity index (χ1) is 16.5. The van der Waals surface area contributed by atoms with Crippen LogP contribution in [0.15, 0.2) is 60.7 Å². The molecular weight excluding hydrogens is 428 g/mol. The number of hydrogen-bond acceptors (Lipinski definition) is 4. The standard InChI is InChI=1S/C28H32N2O4/c31-25(30-28-15-19-11-20(16-28)13-21(12-19)17-28)18-34-26(32)14-24(22-7-3-1-4-8-22)29-27(33)23-9-5-2-6-10-23/h1-10,19-21,24H,11-18H2,(H,29,33)(H,30,31)/t19?,20?,21?,24-,28?/m0/s1. The first-order valence-electron chi connectivity index (χ1n) is 12.4. The Morgan fingerprint density at radius 2 is 1.41 bits per heavy atom. The molecule has 34 heavy (non-hydrogen) atoms. The van der Waals surface area contributed by atoms with Crippen LogP contribution in [0, 0.1) is 17.8 Å². The average Bonchev–Trinajstić information content (AvgIpc) is 2.82. The van der Waals surface area contributed by atoms with Crippen molar-refractivity contribution in [1.29, 1.82) is 0 Å². The summed E-state index contributed by atoms with van der Waals surface area (Å²) in [7, 11) is 0. The Balaban J connectivity index is 1.17. The first-order valence-corrected chi connectivity index (χ1v) is 12.4. The lowest BCUT2D eigenvalue weighted by Crippen LogP contribution is -2.60. The summed E-state index contributed by atoms with van der Waals surface area (Å²) in [4.78, 5) is 38.1. The topological polar surface area (TPSA) is 84.5 Å². The highest BCUT2D eigenvalue weighted by Crippen LogP contribution is 2.55. The minimum Gasteiger partial charge on any atom is -0.456 e. The molecule has 0 saturated heterocycles. The van der Waals surface area contributed by atoms with E-state index in [1.165, 1.54) is 19.3 Å². The maximum atomic E-state index is 12.7. The fourth-order valence-electron chi connectivity index (χ4n) is 6.74. The van der Waals surface area contributed by atoms with Crippen LogP contribution in [0.3, 0.4) is 0 Å². The van der Waals surface area contributed by atoms with Crippen LogP contribution in [0.2, 0.25) is 0 Å². The van der Waals surface area contributed by atoms with Crippen molar-refractivity contribution in [3.05, 3.63) is 71.8 Å². The number of ether oxygens (including phenoxy) is 1. The molecule has 0 aromatic heterocycles. The van der Waals surface area contributed by atoms with Gasteiger partial charge >= 0.3 is 5.97 Å². The summed E-state index contributed by atoms with van der Waals surface area (Å²) >= 11 is 0. The third-order valence-corrected chi connectivity index (χ3v) is 7.72. The molecule has 0 heterocycles. The number of carbonyl (C=O) groups is 3. The molecule has 2 aromatic rings. The summed E-state index contributed by atoms with van der Waals surface area (Å²) in [6, 6.07) is 17.7. The summed E-state index contributed by atoms with van der Waals surface area (Å²) in [6.07, 6.45) is 7.03. The molecule has 4 aliphatic carbocycles. The molecule has 2 N–H and O–H groups in total. The van der Waals surface area contributed by atoms with Crippen LogP contribution in [-0.4, -0.2) is 29.9 Å². The Bertz CT molecular complexity index is 1000. The van der Waals surface area contributed by atoms with Gasteiger partial charge in [0.2, 0.25) is 0 Å². The van der Waals surface area contributed by atoms with Gasteiger partial charge in [0.05, 0.1) is 12.5 Å². The van der Waals surface area contributed by atoms with Crippen molar-refractivity contribution in [1.82, 2.24) is 10.6 Å². The molecule has 4 bridgehead atoms. The molecule has 2 aromatic carbocycles. The lowest BCUT2D eigenvalue weighted by molar-refractivity contribution is -0.150. The zero-order valence-electron chi connectivity index (χ0n) is 19.4. The lowest BCUT2D eigenvalue weighted by atomic mass is 9.53. The summed E-state index contributed by atoms with van der Waals surface area (Å²) < 4.78 is 5.35.